The molecule has 110 valence electrons. The van der Waals surface area contributed by atoms with Crippen LogP contribution in [0.15, 0.2) is 24.3 Å². The van der Waals surface area contributed by atoms with Crippen molar-refractivity contribution in [3.8, 4) is 0 Å². The zero-order valence-electron chi connectivity index (χ0n) is 11.6. The second-order valence-electron chi connectivity index (χ2n) is 5.82. The Balaban J connectivity index is 1.66. The van der Waals surface area contributed by atoms with Gasteiger partial charge >= 0.3 is 0 Å². The molecule has 2 heterocycles. The minimum absolute atomic E-state index is 0.0718. The molecule has 1 aliphatic heterocycles. The number of aromatic amines is 1. The maximum atomic E-state index is 12.8. The molecule has 1 N–H and O–H groups in total. The summed E-state index contributed by atoms with van der Waals surface area (Å²) in [6.45, 7) is 1.31. The van der Waals surface area contributed by atoms with Gasteiger partial charge in [-0.25, -0.2) is 0 Å². The number of morpholine rings is 1. The SMILES string of the molecule is O=C(c1cc2cc(Cl)ccc2[nH]1)N1CCO[C@H]2CCC[C@H]21. The van der Waals surface area contributed by atoms with E-state index in [1.165, 1.54) is 0 Å². The number of carbonyl (C=O) groups excluding carboxylic acids is 1. The maximum absolute atomic E-state index is 12.8. The first-order valence-electron chi connectivity index (χ1n) is 7.43. The number of hydrogen-bond acceptors (Lipinski definition) is 2. The summed E-state index contributed by atoms with van der Waals surface area (Å²) in [5.41, 5.74) is 1.58. The van der Waals surface area contributed by atoms with Gasteiger partial charge in [0.25, 0.3) is 5.91 Å². The average Bonchev–Trinajstić information content (AvgIpc) is 3.11. The zero-order chi connectivity index (χ0) is 14.4. The minimum Gasteiger partial charge on any atom is -0.374 e. The standard InChI is InChI=1S/C16H17ClN2O2/c17-11-4-5-12-10(8-11)9-13(18-12)16(20)19-6-7-21-15-3-1-2-14(15)19/h4-5,8-9,14-15,18H,1-3,6-7H2/t14-,15+/m1/s1. The molecule has 0 spiro atoms. The van der Waals surface area contributed by atoms with Gasteiger partial charge in [-0.05, 0) is 43.5 Å². The molecular weight excluding hydrogens is 288 g/mol. The first kappa shape index (κ1) is 13.2. The van der Waals surface area contributed by atoms with E-state index in [0.717, 1.165) is 30.2 Å². The number of fused-ring (bicyclic) bond motifs is 2. The molecule has 1 saturated heterocycles. The summed E-state index contributed by atoms with van der Waals surface area (Å²) >= 11 is 6.00. The molecule has 0 bridgehead atoms. The topological polar surface area (TPSA) is 45.3 Å². The Kier molecular flexibility index (Phi) is 3.16. The highest BCUT2D eigenvalue weighted by molar-refractivity contribution is 6.31. The Hall–Kier alpha value is -1.52. The highest BCUT2D eigenvalue weighted by Crippen LogP contribution is 2.31. The van der Waals surface area contributed by atoms with Gasteiger partial charge in [0, 0.05) is 22.5 Å². The smallest absolute Gasteiger partial charge is 0.270 e. The monoisotopic (exact) mass is 304 g/mol. The lowest BCUT2D eigenvalue weighted by atomic mass is 10.1. The molecule has 2 aromatic rings. The predicted molar refractivity (Wildman–Crippen MR) is 81.7 cm³/mol. The number of nitrogens with zero attached hydrogens (tertiary/aromatic N) is 1. The van der Waals surface area contributed by atoms with Crippen LogP contribution in [-0.2, 0) is 4.74 Å². The van der Waals surface area contributed by atoms with Crippen molar-refractivity contribution in [3.63, 3.8) is 0 Å². The molecule has 4 nitrogen and oxygen atoms in total. The second-order valence-corrected chi connectivity index (χ2v) is 6.26. The molecule has 2 atom stereocenters. The van der Waals surface area contributed by atoms with Crippen LogP contribution in [-0.4, -0.2) is 41.1 Å². The van der Waals surface area contributed by atoms with Crippen molar-refractivity contribution in [2.45, 2.75) is 31.4 Å². The summed E-state index contributed by atoms with van der Waals surface area (Å²) < 4.78 is 5.77. The fourth-order valence-corrected chi connectivity index (χ4v) is 3.73. The summed E-state index contributed by atoms with van der Waals surface area (Å²) in [4.78, 5) is 18.0. The number of halogens is 1. The van der Waals surface area contributed by atoms with Crippen molar-refractivity contribution in [1.82, 2.24) is 9.88 Å². The van der Waals surface area contributed by atoms with Gasteiger partial charge in [0.15, 0.2) is 0 Å². The molecule has 1 saturated carbocycles. The fourth-order valence-electron chi connectivity index (χ4n) is 3.55. The Labute approximate surface area is 128 Å². The third-order valence-corrected chi connectivity index (χ3v) is 4.79. The summed E-state index contributed by atoms with van der Waals surface area (Å²) in [6, 6.07) is 7.74. The van der Waals surface area contributed by atoms with Crippen LogP contribution in [0.5, 0.6) is 0 Å². The largest absolute Gasteiger partial charge is 0.374 e. The lowest BCUT2D eigenvalue weighted by Gasteiger charge is -2.37. The summed E-state index contributed by atoms with van der Waals surface area (Å²) in [5.74, 6) is 0.0718. The second kappa shape index (κ2) is 5.04. The number of benzene rings is 1. The summed E-state index contributed by atoms with van der Waals surface area (Å²) in [6.07, 6.45) is 3.47. The number of nitrogens with one attached hydrogen (secondary N) is 1. The van der Waals surface area contributed by atoms with E-state index in [2.05, 4.69) is 4.98 Å². The molecule has 1 amide bonds. The summed E-state index contributed by atoms with van der Waals surface area (Å²) in [5, 5.41) is 1.66. The van der Waals surface area contributed by atoms with E-state index in [1.54, 1.807) is 0 Å². The highest BCUT2D eigenvalue weighted by atomic mass is 35.5. The Morgan fingerprint density at radius 2 is 2.24 bits per heavy atom. The molecule has 2 fully saturated rings. The van der Waals surface area contributed by atoms with Gasteiger partial charge < -0.3 is 14.6 Å². The van der Waals surface area contributed by atoms with E-state index in [1.807, 2.05) is 29.2 Å². The number of ether oxygens (including phenoxy) is 1. The average molecular weight is 305 g/mol. The molecule has 2 aliphatic rings. The minimum atomic E-state index is 0.0718. The Morgan fingerprint density at radius 3 is 3.14 bits per heavy atom. The van der Waals surface area contributed by atoms with Gasteiger partial charge in [0.1, 0.15) is 5.69 Å². The third kappa shape index (κ3) is 2.23. The van der Waals surface area contributed by atoms with Gasteiger partial charge in [0.2, 0.25) is 0 Å². The Bertz CT molecular complexity index is 697. The summed E-state index contributed by atoms with van der Waals surface area (Å²) in [7, 11) is 0. The number of hydrogen-bond donors (Lipinski definition) is 1. The van der Waals surface area contributed by atoms with Crippen LogP contribution in [0.1, 0.15) is 29.8 Å². The van der Waals surface area contributed by atoms with Gasteiger partial charge in [0.05, 0.1) is 18.8 Å². The van der Waals surface area contributed by atoms with Crippen LogP contribution in [0, 0.1) is 0 Å². The molecule has 0 unspecified atom stereocenters. The van der Waals surface area contributed by atoms with Gasteiger partial charge in [-0.3, -0.25) is 4.79 Å². The van der Waals surface area contributed by atoms with Crippen LogP contribution < -0.4 is 0 Å². The van der Waals surface area contributed by atoms with Crippen LogP contribution >= 0.6 is 11.6 Å². The molecular formula is C16H17ClN2O2. The Morgan fingerprint density at radius 1 is 1.33 bits per heavy atom. The number of rotatable bonds is 1. The molecule has 1 aromatic heterocycles. The van der Waals surface area contributed by atoms with Crippen LogP contribution in [0.25, 0.3) is 10.9 Å². The molecule has 1 aromatic carbocycles. The molecule has 0 radical (unpaired) electrons. The predicted octanol–water partition coefficient (Wildman–Crippen LogP) is 3.21. The fraction of sp³-hybridized carbons (Fsp3) is 0.438. The van der Waals surface area contributed by atoms with E-state index < -0.39 is 0 Å². The lowest BCUT2D eigenvalue weighted by Crippen LogP contribution is -2.51. The van der Waals surface area contributed by atoms with Crippen molar-refractivity contribution in [1.29, 1.82) is 0 Å². The molecule has 21 heavy (non-hydrogen) atoms. The first-order chi connectivity index (χ1) is 10.2. The van der Waals surface area contributed by atoms with Gasteiger partial charge in [-0.2, -0.15) is 0 Å². The third-order valence-electron chi connectivity index (χ3n) is 4.56. The van der Waals surface area contributed by atoms with Crippen molar-refractivity contribution >= 4 is 28.4 Å². The lowest BCUT2D eigenvalue weighted by molar-refractivity contribution is -0.0446. The van der Waals surface area contributed by atoms with E-state index in [-0.39, 0.29) is 18.1 Å². The highest BCUT2D eigenvalue weighted by Gasteiger charge is 2.38. The van der Waals surface area contributed by atoms with E-state index >= 15 is 0 Å². The first-order valence-corrected chi connectivity index (χ1v) is 7.81. The number of aromatic nitrogens is 1. The number of H-pyrrole nitrogens is 1. The van der Waals surface area contributed by atoms with Crippen molar-refractivity contribution in [3.05, 3.63) is 35.0 Å². The zero-order valence-corrected chi connectivity index (χ0v) is 12.4. The maximum Gasteiger partial charge on any atom is 0.270 e. The van der Waals surface area contributed by atoms with E-state index in [0.29, 0.717) is 23.9 Å². The molecule has 4 rings (SSSR count). The van der Waals surface area contributed by atoms with Gasteiger partial charge in [-0.1, -0.05) is 11.6 Å². The van der Waals surface area contributed by atoms with Crippen LogP contribution in [0.4, 0.5) is 0 Å². The van der Waals surface area contributed by atoms with Crippen molar-refractivity contribution in [2.24, 2.45) is 0 Å². The number of amides is 1. The van der Waals surface area contributed by atoms with Gasteiger partial charge in [-0.15, -0.1) is 0 Å². The van der Waals surface area contributed by atoms with Crippen molar-refractivity contribution < 1.29 is 9.53 Å². The van der Waals surface area contributed by atoms with Crippen molar-refractivity contribution in [2.75, 3.05) is 13.2 Å². The normalized spacial score (nSPS) is 25.3. The van der Waals surface area contributed by atoms with E-state index in [9.17, 15) is 4.79 Å². The van der Waals surface area contributed by atoms with Crippen LogP contribution in [0.2, 0.25) is 5.02 Å². The number of carbonyl (C=O) groups is 1. The van der Waals surface area contributed by atoms with E-state index in [4.69, 9.17) is 16.3 Å². The molecule has 5 heteroatoms. The van der Waals surface area contributed by atoms with Crippen LogP contribution in [0.3, 0.4) is 0 Å². The molecule has 1 aliphatic carbocycles. The quantitative estimate of drug-likeness (QED) is 0.879.